The third kappa shape index (κ3) is 3.90. The van der Waals surface area contributed by atoms with Crippen LogP contribution in [0, 0.1) is 20.8 Å². The predicted octanol–water partition coefficient (Wildman–Crippen LogP) is 4.50. The zero-order chi connectivity index (χ0) is 18.7. The van der Waals surface area contributed by atoms with E-state index in [1.165, 1.54) is 28.0 Å². The molecule has 26 heavy (non-hydrogen) atoms. The van der Waals surface area contributed by atoms with Gasteiger partial charge in [0.2, 0.25) is 0 Å². The molecule has 2 aromatic rings. The van der Waals surface area contributed by atoms with Gasteiger partial charge in [-0.25, -0.2) is 4.98 Å². The zero-order valence-electron chi connectivity index (χ0n) is 16.5. The third-order valence-electron chi connectivity index (χ3n) is 5.15. The number of aryl methyl sites for hydroxylation is 3. The van der Waals surface area contributed by atoms with E-state index in [9.17, 15) is 0 Å². The van der Waals surface area contributed by atoms with Crippen LogP contribution in [0.2, 0.25) is 0 Å². The van der Waals surface area contributed by atoms with Crippen LogP contribution < -0.4 is 4.90 Å². The first-order chi connectivity index (χ1) is 12.5. The van der Waals surface area contributed by atoms with Crippen LogP contribution in [0.4, 0.5) is 5.82 Å². The Morgan fingerprint density at radius 2 is 1.73 bits per heavy atom. The number of hydrogen-bond donors (Lipinski definition) is 0. The molecule has 4 nitrogen and oxygen atoms in total. The minimum Gasteiger partial charge on any atom is -0.372 e. The van der Waals surface area contributed by atoms with Crippen molar-refractivity contribution >= 4 is 5.82 Å². The summed E-state index contributed by atoms with van der Waals surface area (Å²) in [5, 5.41) is 0. The molecule has 0 spiro atoms. The molecule has 0 N–H and O–H groups in total. The first kappa shape index (κ1) is 18.4. The zero-order valence-corrected chi connectivity index (χ0v) is 16.5. The number of aromatic nitrogens is 2. The van der Waals surface area contributed by atoms with Gasteiger partial charge in [0.25, 0.3) is 0 Å². The Hall–Kier alpha value is -2.36. The van der Waals surface area contributed by atoms with Gasteiger partial charge >= 0.3 is 0 Å². The minimum atomic E-state index is 0.985. The molecule has 0 bridgehead atoms. The summed E-state index contributed by atoms with van der Waals surface area (Å²) in [6.07, 6.45) is 6.17. The highest BCUT2D eigenvalue weighted by molar-refractivity contribution is 5.69. The molecule has 0 aromatic carbocycles. The van der Waals surface area contributed by atoms with Gasteiger partial charge in [0.1, 0.15) is 5.82 Å². The highest BCUT2D eigenvalue weighted by Gasteiger charge is 2.20. The lowest BCUT2D eigenvalue weighted by Gasteiger charge is -2.37. The molecule has 4 heteroatoms. The summed E-state index contributed by atoms with van der Waals surface area (Å²) in [5.74, 6) is 1.05. The van der Waals surface area contributed by atoms with E-state index < -0.39 is 0 Å². The van der Waals surface area contributed by atoms with Gasteiger partial charge in [0, 0.05) is 49.8 Å². The predicted molar refractivity (Wildman–Crippen MR) is 110 cm³/mol. The van der Waals surface area contributed by atoms with Gasteiger partial charge in [-0.2, -0.15) is 0 Å². The Balaban J connectivity index is 1.79. The van der Waals surface area contributed by atoms with Crippen molar-refractivity contribution in [2.75, 3.05) is 31.1 Å². The Morgan fingerprint density at radius 1 is 1.00 bits per heavy atom. The third-order valence-corrected chi connectivity index (χ3v) is 5.15. The van der Waals surface area contributed by atoms with Crippen LogP contribution in [0.15, 0.2) is 36.8 Å². The molecule has 1 saturated heterocycles. The number of rotatable bonds is 5. The summed E-state index contributed by atoms with van der Waals surface area (Å²) >= 11 is 0. The minimum absolute atomic E-state index is 0.985. The number of pyridine rings is 2. The van der Waals surface area contributed by atoms with E-state index in [4.69, 9.17) is 4.98 Å². The summed E-state index contributed by atoms with van der Waals surface area (Å²) in [7, 11) is 0. The molecule has 0 unspecified atom stereocenters. The molecule has 1 aliphatic rings. The number of hydrogen-bond acceptors (Lipinski definition) is 4. The van der Waals surface area contributed by atoms with Crippen LogP contribution in [0.1, 0.15) is 36.5 Å². The van der Waals surface area contributed by atoms with Crippen molar-refractivity contribution in [3.05, 3.63) is 53.5 Å². The topological polar surface area (TPSA) is 32.3 Å². The van der Waals surface area contributed by atoms with Crippen molar-refractivity contribution in [2.45, 2.75) is 40.5 Å². The fourth-order valence-electron chi connectivity index (χ4n) is 3.64. The maximum Gasteiger partial charge on any atom is 0.129 e. The Kier molecular flexibility index (Phi) is 5.60. The second-order valence-electron chi connectivity index (χ2n) is 7.33. The van der Waals surface area contributed by atoms with Crippen molar-refractivity contribution in [3.63, 3.8) is 0 Å². The molecule has 2 aromatic heterocycles. The van der Waals surface area contributed by atoms with E-state index in [-0.39, 0.29) is 0 Å². The summed E-state index contributed by atoms with van der Waals surface area (Å²) in [4.78, 5) is 14.2. The average molecular weight is 351 g/mol. The number of allylic oxidation sites excluding steroid dienone is 1. The van der Waals surface area contributed by atoms with Crippen molar-refractivity contribution in [2.24, 2.45) is 0 Å². The average Bonchev–Trinajstić information content (AvgIpc) is 2.63. The molecule has 0 radical (unpaired) electrons. The first-order valence-corrected chi connectivity index (χ1v) is 9.57. The van der Waals surface area contributed by atoms with Crippen molar-refractivity contribution in [3.8, 4) is 11.3 Å². The standard InChI is InChI=1S/C22H30N4/c1-6-7-19(5)25-8-10-26(11-9-25)21-13-20(18(4)15-23-21)22-17(3)12-16(2)14-24-22/h12-15H,5-11H2,1-4H3. The second-order valence-corrected chi connectivity index (χ2v) is 7.33. The van der Waals surface area contributed by atoms with Crippen molar-refractivity contribution in [1.82, 2.24) is 14.9 Å². The highest BCUT2D eigenvalue weighted by atomic mass is 15.3. The quantitative estimate of drug-likeness (QED) is 0.794. The fourth-order valence-corrected chi connectivity index (χ4v) is 3.64. The van der Waals surface area contributed by atoms with Crippen LogP contribution >= 0.6 is 0 Å². The summed E-state index contributed by atoms with van der Waals surface area (Å²) < 4.78 is 0. The highest BCUT2D eigenvalue weighted by Crippen LogP contribution is 2.28. The fraction of sp³-hybridized carbons (Fsp3) is 0.455. The summed E-state index contributed by atoms with van der Waals surface area (Å²) in [6, 6.07) is 4.40. The SMILES string of the molecule is C=C(CCC)N1CCN(c2cc(-c3ncc(C)cc3C)c(C)cn2)CC1. The Morgan fingerprint density at radius 3 is 2.38 bits per heavy atom. The first-order valence-electron chi connectivity index (χ1n) is 9.57. The smallest absolute Gasteiger partial charge is 0.129 e. The lowest BCUT2D eigenvalue weighted by molar-refractivity contribution is 0.311. The van der Waals surface area contributed by atoms with E-state index in [0.717, 1.165) is 50.5 Å². The van der Waals surface area contributed by atoms with Crippen LogP contribution in [-0.2, 0) is 0 Å². The van der Waals surface area contributed by atoms with Gasteiger partial charge in [-0.3, -0.25) is 4.98 Å². The van der Waals surface area contributed by atoms with E-state index in [1.54, 1.807) is 0 Å². The van der Waals surface area contributed by atoms with E-state index >= 15 is 0 Å². The molecule has 3 rings (SSSR count). The molecule has 0 saturated carbocycles. The molecule has 1 fully saturated rings. The molecule has 1 aliphatic heterocycles. The molecule has 0 amide bonds. The Bertz CT molecular complexity index is 789. The largest absolute Gasteiger partial charge is 0.372 e. The van der Waals surface area contributed by atoms with Crippen LogP contribution in [0.3, 0.4) is 0 Å². The van der Waals surface area contributed by atoms with Gasteiger partial charge in [-0.1, -0.05) is 26.0 Å². The lowest BCUT2D eigenvalue weighted by Crippen LogP contribution is -2.46. The Labute approximate surface area is 157 Å². The van der Waals surface area contributed by atoms with Gasteiger partial charge in [-0.15, -0.1) is 0 Å². The van der Waals surface area contributed by atoms with Gasteiger partial charge in [-0.05, 0) is 49.9 Å². The molecular formula is C22H30N4. The van der Waals surface area contributed by atoms with E-state index in [2.05, 4.69) is 61.2 Å². The summed E-state index contributed by atoms with van der Waals surface area (Å²) in [6.45, 7) is 16.8. The number of anilines is 1. The molecule has 138 valence electrons. The number of piperazine rings is 1. The second kappa shape index (κ2) is 7.90. The van der Waals surface area contributed by atoms with Crippen LogP contribution in [0.25, 0.3) is 11.3 Å². The summed E-state index contributed by atoms with van der Waals surface area (Å²) in [5.41, 5.74) is 7.09. The molecule has 0 atom stereocenters. The maximum atomic E-state index is 4.70. The molecule has 0 aliphatic carbocycles. The maximum absolute atomic E-state index is 4.70. The lowest BCUT2D eigenvalue weighted by atomic mass is 10.0. The monoisotopic (exact) mass is 350 g/mol. The van der Waals surface area contributed by atoms with E-state index in [0.29, 0.717) is 0 Å². The molecule has 3 heterocycles. The van der Waals surface area contributed by atoms with Gasteiger partial charge < -0.3 is 9.80 Å². The van der Waals surface area contributed by atoms with Crippen LogP contribution in [-0.4, -0.2) is 41.0 Å². The van der Waals surface area contributed by atoms with Gasteiger partial charge in [0.15, 0.2) is 0 Å². The molecular weight excluding hydrogens is 320 g/mol. The van der Waals surface area contributed by atoms with Crippen LogP contribution in [0.5, 0.6) is 0 Å². The van der Waals surface area contributed by atoms with Gasteiger partial charge in [0.05, 0.1) is 5.69 Å². The number of nitrogens with zero attached hydrogens (tertiary/aromatic N) is 4. The normalized spacial score (nSPS) is 14.6. The van der Waals surface area contributed by atoms with E-state index in [1.807, 2.05) is 12.4 Å². The van der Waals surface area contributed by atoms with Crippen molar-refractivity contribution in [1.29, 1.82) is 0 Å². The van der Waals surface area contributed by atoms with Crippen molar-refractivity contribution < 1.29 is 0 Å².